The molecule has 4 heteroatoms. The molecule has 0 radical (unpaired) electrons. The summed E-state index contributed by atoms with van der Waals surface area (Å²) in [6.07, 6.45) is 1.02. The van der Waals surface area contributed by atoms with Gasteiger partial charge >= 0.3 is 0 Å². The standard InChI is InChI=1S/C11H15BrFN.ClH/c1-3-7(2)11(14)8-4-5-10(13)9(12)6-8;/h4-7,11H,3,14H2,1-2H3;1H/t7?,11-;/m0./s1. The van der Waals surface area contributed by atoms with E-state index in [9.17, 15) is 4.39 Å². The zero-order chi connectivity index (χ0) is 10.7. The molecule has 1 rings (SSSR count). The number of nitrogens with two attached hydrogens (primary N) is 1. The molecule has 0 spiro atoms. The lowest BCUT2D eigenvalue weighted by Gasteiger charge is -2.18. The Morgan fingerprint density at radius 1 is 1.47 bits per heavy atom. The molecule has 1 nitrogen and oxygen atoms in total. The molecule has 0 bridgehead atoms. The summed E-state index contributed by atoms with van der Waals surface area (Å²) in [5.41, 5.74) is 7.00. The van der Waals surface area contributed by atoms with Gasteiger partial charge in [-0.3, -0.25) is 0 Å². The molecule has 0 saturated carbocycles. The molecule has 1 aromatic rings. The number of halogens is 3. The Kier molecular flexibility index (Phi) is 6.41. The number of benzene rings is 1. The lowest BCUT2D eigenvalue weighted by atomic mass is 9.93. The van der Waals surface area contributed by atoms with E-state index in [1.807, 2.05) is 0 Å². The van der Waals surface area contributed by atoms with Crippen LogP contribution in [0.3, 0.4) is 0 Å². The second kappa shape index (κ2) is 6.46. The van der Waals surface area contributed by atoms with Gasteiger partial charge in [-0.1, -0.05) is 26.3 Å². The highest BCUT2D eigenvalue weighted by Gasteiger charge is 2.14. The minimum Gasteiger partial charge on any atom is -0.324 e. The largest absolute Gasteiger partial charge is 0.324 e. The average Bonchev–Trinajstić information content (AvgIpc) is 2.20. The summed E-state index contributed by atoms with van der Waals surface area (Å²) in [5.74, 6) is 0.164. The van der Waals surface area contributed by atoms with Gasteiger partial charge in [0.25, 0.3) is 0 Å². The van der Waals surface area contributed by atoms with Gasteiger partial charge < -0.3 is 5.73 Å². The van der Waals surface area contributed by atoms with Crippen LogP contribution in [0.4, 0.5) is 4.39 Å². The van der Waals surface area contributed by atoms with Crippen molar-refractivity contribution in [3.63, 3.8) is 0 Å². The molecule has 0 saturated heterocycles. The predicted molar refractivity (Wildman–Crippen MR) is 67.7 cm³/mol. The topological polar surface area (TPSA) is 26.0 Å². The fourth-order valence-corrected chi connectivity index (χ4v) is 1.70. The van der Waals surface area contributed by atoms with Crippen LogP contribution in [0.5, 0.6) is 0 Å². The van der Waals surface area contributed by atoms with Crippen LogP contribution >= 0.6 is 28.3 Å². The van der Waals surface area contributed by atoms with E-state index >= 15 is 0 Å². The molecule has 2 N–H and O–H groups in total. The third-order valence-corrected chi connectivity index (χ3v) is 3.19. The molecule has 2 atom stereocenters. The minimum absolute atomic E-state index is 0. The maximum absolute atomic E-state index is 13.0. The third-order valence-electron chi connectivity index (χ3n) is 2.59. The summed E-state index contributed by atoms with van der Waals surface area (Å²) in [7, 11) is 0. The maximum atomic E-state index is 13.0. The minimum atomic E-state index is -0.245. The van der Waals surface area contributed by atoms with Crippen LogP contribution in [-0.2, 0) is 0 Å². The van der Waals surface area contributed by atoms with E-state index in [2.05, 4.69) is 29.8 Å². The van der Waals surface area contributed by atoms with Crippen molar-refractivity contribution in [3.8, 4) is 0 Å². The Bertz CT molecular complexity index is 319. The van der Waals surface area contributed by atoms with Crippen molar-refractivity contribution in [1.29, 1.82) is 0 Å². The SMILES string of the molecule is CCC(C)[C@H](N)c1ccc(F)c(Br)c1.Cl. The van der Waals surface area contributed by atoms with E-state index in [1.54, 1.807) is 12.1 Å². The Hall–Kier alpha value is -0.120. The zero-order valence-corrected chi connectivity index (χ0v) is 11.2. The highest BCUT2D eigenvalue weighted by atomic mass is 79.9. The van der Waals surface area contributed by atoms with Gasteiger partial charge in [-0.15, -0.1) is 12.4 Å². The van der Waals surface area contributed by atoms with Gasteiger partial charge in [-0.2, -0.15) is 0 Å². The van der Waals surface area contributed by atoms with Crippen molar-refractivity contribution in [2.75, 3.05) is 0 Å². The number of hydrogen-bond donors (Lipinski definition) is 1. The summed E-state index contributed by atoms with van der Waals surface area (Å²) in [5, 5.41) is 0. The second-order valence-electron chi connectivity index (χ2n) is 3.58. The molecular formula is C11H16BrClFN. The molecule has 0 amide bonds. The molecule has 0 aliphatic heterocycles. The van der Waals surface area contributed by atoms with Crippen LogP contribution in [0.2, 0.25) is 0 Å². The van der Waals surface area contributed by atoms with E-state index in [-0.39, 0.29) is 24.3 Å². The predicted octanol–water partition coefficient (Wildman–Crippen LogP) is 4.06. The maximum Gasteiger partial charge on any atom is 0.137 e. The monoisotopic (exact) mass is 295 g/mol. The van der Waals surface area contributed by atoms with Gasteiger partial charge in [0.2, 0.25) is 0 Å². The first-order chi connectivity index (χ1) is 6.56. The highest BCUT2D eigenvalue weighted by molar-refractivity contribution is 9.10. The Labute approximate surface area is 105 Å². The van der Waals surface area contributed by atoms with Crippen LogP contribution in [0.15, 0.2) is 22.7 Å². The molecule has 0 fully saturated rings. The normalized spacial score (nSPS) is 14.2. The summed E-state index contributed by atoms with van der Waals surface area (Å²) in [6, 6.07) is 4.93. The lowest BCUT2D eigenvalue weighted by Crippen LogP contribution is -2.18. The van der Waals surface area contributed by atoms with Crippen LogP contribution in [0.25, 0.3) is 0 Å². The zero-order valence-electron chi connectivity index (χ0n) is 8.84. The van der Waals surface area contributed by atoms with Crippen molar-refractivity contribution >= 4 is 28.3 Å². The van der Waals surface area contributed by atoms with E-state index in [4.69, 9.17) is 5.73 Å². The fourth-order valence-electron chi connectivity index (χ4n) is 1.30. The van der Waals surface area contributed by atoms with Crippen LogP contribution < -0.4 is 5.73 Å². The first kappa shape index (κ1) is 14.9. The molecule has 86 valence electrons. The lowest BCUT2D eigenvalue weighted by molar-refractivity contribution is 0.456. The van der Waals surface area contributed by atoms with Gasteiger partial charge in [0.1, 0.15) is 5.82 Å². The van der Waals surface area contributed by atoms with Crippen molar-refractivity contribution in [3.05, 3.63) is 34.1 Å². The fraction of sp³-hybridized carbons (Fsp3) is 0.455. The molecular weight excluding hydrogens is 280 g/mol. The van der Waals surface area contributed by atoms with Crippen molar-refractivity contribution in [2.45, 2.75) is 26.3 Å². The van der Waals surface area contributed by atoms with E-state index < -0.39 is 0 Å². The van der Waals surface area contributed by atoms with Crippen molar-refractivity contribution in [1.82, 2.24) is 0 Å². The first-order valence-corrected chi connectivity index (χ1v) is 5.56. The summed E-state index contributed by atoms with van der Waals surface area (Å²) in [6.45, 7) is 4.20. The Balaban J connectivity index is 0.00000196. The van der Waals surface area contributed by atoms with Gasteiger partial charge in [-0.25, -0.2) is 4.39 Å². The van der Waals surface area contributed by atoms with Crippen LogP contribution in [0, 0.1) is 11.7 Å². The summed E-state index contributed by atoms with van der Waals surface area (Å²) < 4.78 is 13.4. The second-order valence-corrected chi connectivity index (χ2v) is 4.44. The highest BCUT2D eigenvalue weighted by Crippen LogP contribution is 2.25. The molecule has 0 aromatic heterocycles. The summed E-state index contributed by atoms with van der Waals surface area (Å²) >= 11 is 3.15. The first-order valence-electron chi connectivity index (χ1n) is 4.76. The van der Waals surface area contributed by atoms with Gasteiger partial charge in [0.15, 0.2) is 0 Å². The Morgan fingerprint density at radius 2 is 2.07 bits per heavy atom. The van der Waals surface area contributed by atoms with E-state index in [1.165, 1.54) is 6.07 Å². The quantitative estimate of drug-likeness (QED) is 0.894. The molecule has 0 heterocycles. The van der Waals surface area contributed by atoms with Crippen molar-refractivity contribution < 1.29 is 4.39 Å². The van der Waals surface area contributed by atoms with Gasteiger partial charge in [0.05, 0.1) is 4.47 Å². The van der Waals surface area contributed by atoms with Crippen LogP contribution in [-0.4, -0.2) is 0 Å². The number of hydrogen-bond acceptors (Lipinski definition) is 1. The molecule has 15 heavy (non-hydrogen) atoms. The Morgan fingerprint density at radius 3 is 2.53 bits per heavy atom. The van der Waals surface area contributed by atoms with Gasteiger partial charge in [0, 0.05) is 6.04 Å². The van der Waals surface area contributed by atoms with Crippen molar-refractivity contribution in [2.24, 2.45) is 11.7 Å². The van der Waals surface area contributed by atoms with Gasteiger partial charge in [-0.05, 0) is 39.5 Å². The van der Waals surface area contributed by atoms with E-state index in [0.717, 1.165) is 12.0 Å². The average molecular weight is 297 g/mol. The molecule has 1 unspecified atom stereocenters. The summed E-state index contributed by atoms with van der Waals surface area (Å²) in [4.78, 5) is 0. The molecule has 0 aliphatic rings. The molecule has 0 aliphatic carbocycles. The molecule has 1 aromatic carbocycles. The smallest absolute Gasteiger partial charge is 0.137 e. The van der Waals surface area contributed by atoms with Crippen LogP contribution in [0.1, 0.15) is 31.9 Å². The third kappa shape index (κ3) is 3.74. The van der Waals surface area contributed by atoms with E-state index in [0.29, 0.717) is 10.4 Å². The number of rotatable bonds is 3.